The van der Waals surface area contributed by atoms with Crippen molar-refractivity contribution in [2.75, 3.05) is 19.0 Å². The SMILES string of the molecule is COc1ccc2nc(NCC(F)(F)F)[nH]c2c1. The third-order valence-electron chi connectivity index (χ3n) is 2.15. The fourth-order valence-corrected chi connectivity index (χ4v) is 1.38. The van der Waals surface area contributed by atoms with Crippen LogP contribution in [0.15, 0.2) is 18.2 Å². The van der Waals surface area contributed by atoms with Crippen LogP contribution in [0.2, 0.25) is 0 Å². The van der Waals surface area contributed by atoms with Crippen molar-refractivity contribution >= 4 is 17.0 Å². The number of aromatic amines is 1. The number of hydrogen-bond donors (Lipinski definition) is 2. The highest BCUT2D eigenvalue weighted by Crippen LogP contribution is 2.21. The summed E-state index contributed by atoms with van der Waals surface area (Å²) >= 11 is 0. The largest absolute Gasteiger partial charge is 0.497 e. The summed E-state index contributed by atoms with van der Waals surface area (Å²) < 4.78 is 41.0. The molecule has 0 aliphatic rings. The normalized spacial score (nSPS) is 11.8. The molecule has 0 saturated carbocycles. The molecule has 2 aromatic rings. The zero-order chi connectivity index (χ0) is 12.5. The Hall–Kier alpha value is -1.92. The second-order valence-electron chi connectivity index (χ2n) is 3.44. The number of nitrogens with one attached hydrogen (secondary N) is 2. The van der Waals surface area contributed by atoms with Gasteiger partial charge >= 0.3 is 6.18 Å². The highest BCUT2D eigenvalue weighted by molar-refractivity contribution is 5.79. The second kappa shape index (κ2) is 4.15. The number of anilines is 1. The molecule has 0 aliphatic heterocycles. The molecule has 4 nitrogen and oxygen atoms in total. The molecule has 0 spiro atoms. The predicted molar refractivity (Wildman–Crippen MR) is 57.2 cm³/mol. The first kappa shape index (κ1) is 11.6. The van der Waals surface area contributed by atoms with Gasteiger partial charge in [-0.2, -0.15) is 13.2 Å². The van der Waals surface area contributed by atoms with Crippen LogP contribution in [-0.4, -0.2) is 29.8 Å². The number of methoxy groups -OCH3 is 1. The number of benzene rings is 1. The molecule has 17 heavy (non-hydrogen) atoms. The summed E-state index contributed by atoms with van der Waals surface area (Å²) in [6, 6.07) is 5.03. The first-order valence-corrected chi connectivity index (χ1v) is 4.82. The Morgan fingerprint density at radius 3 is 2.82 bits per heavy atom. The van der Waals surface area contributed by atoms with E-state index in [2.05, 4.69) is 15.3 Å². The number of fused-ring (bicyclic) bond motifs is 1. The maximum Gasteiger partial charge on any atom is 0.405 e. The molecule has 0 radical (unpaired) electrons. The molecule has 0 fully saturated rings. The standard InChI is InChI=1S/C10H10F3N3O/c1-17-6-2-3-7-8(4-6)16-9(15-7)14-5-10(11,12)13/h2-4H,5H2,1H3,(H2,14,15,16). The van der Waals surface area contributed by atoms with E-state index in [1.807, 2.05) is 0 Å². The van der Waals surface area contributed by atoms with Gasteiger partial charge in [0.15, 0.2) is 0 Å². The van der Waals surface area contributed by atoms with Crippen molar-refractivity contribution in [3.8, 4) is 5.75 Å². The van der Waals surface area contributed by atoms with Gasteiger partial charge in [0.1, 0.15) is 12.3 Å². The third-order valence-corrected chi connectivity index (χ3v) is 2.15. The van der Waals surface area contributed by atoms with Gasteiger partial charge in [-0.15, -0.1) is 0 Å². The van der Waals surface area contributed by atoms with Gasteiger partial charge in [0.25, 0.3) is 0 Å². The first-order valence-electron chi connectivity index (χ1n) is 4.82. The molecule has 1 aromatic heterocycles. The Labute approximate surface area is 94.8 Å². The number of hydrogen-bond acceptors (Lipinski definition) is 3. The van der Waals surface area contributed by atoms with Gasteiger partial charge in [-0.3, -0.25) is 0 Å². The number of halogens is 3. The topological polar surface area (TPSA) is 49.9 Å². The number of ether oxygens (including phenoxy) is 1. The van der Waals surface area contributed by atoms with E-state index >= 15 is 0 Å². The van der Waals surface area contributed by atoms with E-state index in [1.54, 1.807) is 18.2 Å². The number of H-pyrrole nitrogens is 1. The molecule has 7 heteroatoms. The van der Waals surface area contributed by atoms with Crippen molar-refractivity contribution in [3.63, 3.8) is 0 Å². The van der Waals surface area contributed by atoms with Crippen LogP contribution in [0.5, 0.6) is 5.75 Å². The van der Waals surface area contributed by atoms with E-state index in [0.717, 1.165) is 0 Å². The van der Waals surface area contributed by atoms with Crippen LogP contribution in [0.25, 0.3) is 11.0 Å². The number of rotatable bonds is 3. The molecule has 1 heterocycles. The van der Waals surface area contributed by atoms with Gasteiger partial charge in [-0.1, -0.05) is 0 Å². The first-order chi connectivity index (χ1) is 7.98. The van der Waals surface area contributed by atoms with Gasteiger partial charge in [0, 0.05) is 6.07 Å². The van der Waals surface area contributed by atoms with Gasteiger partial charge in [0.05, 0.1) is 18.1 Å². The van der Waals surface area contributed by atoms with Gasteiger partial charge < -0.3 is 15.0 Å². The van der Waals surface area contributed by atoms with E-state index in [9.17, 15) is 13.2 Å². The van der Waals surface area contributed by atoms with E-state index in [-0.39, 0.29) is 5.95 Å². The van der Waals surface area contributed by atoms with Crippen LogP contribution >= 0.6 is 0 Å². The number of nitrogens with zero attached hydrogens (tertiary/aromatic N) is 1. The molecule has 1 aromatic carbocycles. The lowest BCUT2D eigenvalue weighted by Crippen LogP contribution is -2.21. The molecular weight excluding hydrogens is 235 g/mol. The quantitative estimate of drug-likeness (QED) is 0.873. The molecule has 2 N–H and O–H groups in total. The summed E-state index contributed by atoms with van der Waals surface area (Å²) in [5.74, 6) is 0.703. The Bertz CT molecular complexity index is 521. The molecule has 2 rings (SSSR count). The van der Waals surface area contributed by atoms with Crippen LogP contribution in [-0.2, 0) is 0 Å². The van der Waals surface area contributed by atoms with Crippen LogP contribution in [0.4, 0.5) is 19.1 Å². The zero-order valence-electron chi connectivity index (χ0n) is 8.93. The minimum Gasteiger partial charge on any atom is -0.497 e. The third kappa shape index (κ3) is 2.80. The van der Waals surface area contributed by atoms with Crippen molar-refractivity contribution in [1.29, 1.82) is 0 Å². The monoisotopic (exact) mass is 245 g/mol. The molecular formula is C10H10F3N3O. The van der Waals surface area contributed by atoms with Crippen LogP contribution < -0.4 is 10.1 Å². The van der Waals surface area contributed by atoms with Crippen LogP contribution in [0, 0.1) is 0 Å². The highest BCUT2D eigenvalue weighted by atomic mass is 19.4. The summed E-state index contributed by atoms with van der Waals surface area (Å²) in [4.78, 5) is 6.71. The molecule has 0 bridgehead atoms. The van der Waals surface area contributed by atoms with E-state index in [1.165, 1.54) is 7.11 Å². The van der Waals surface area contributed by atoms with Crippen molar-refractivity contribution in [1.82, 2.24) is 9.97 Å². The maximum atomic E-state index is 12.0. The Morgan fingerprint density at radius 1 is 1.41 bits per heavy atom. The van der Waals surface area contributed by atoms with Crippen molar-refractivity contribution in [2.45, 2.75) is 6.18 Å². The zero-order valence-corrected chi connectivity index (χ0v) is 8.93. The summed E-state index contributed by atoms with van der Waals surface area (Å²) in [5, 5.41) is 2.18. The average Bonchev–Trinajstić information content (AvgIpc) is 2.66. The average molecular weight is 245 g/mol. The Balaban J connectivity index is 2.20. The van der Waals surface area contributed by atoms with E-state index < -0.39 is 12.7 Å². The summed E-state index contributed by atoms with van der Waals surface area (Å²) in [5.41, 5.74) is 1.20. The lowest BCUT2D eigenvalue weighted by atomic mass is 10.3. The summed E-state index contributed by atoms with van der Waals surface area (Å²) in [6.07, 6.45) is -4.27. The minimum atomic E-state index is -4.27. The van der Waals surface area contributed by atoms with Gasteiger partial charge in [-0.25, -0.2) is 4.98 Å². The van der Waals surface area contributed by atoms with E-state index in [0.29, 0.717) is 16.8 Å². The van der Waals surface area contributed by atoms with Crippen molar-refractivity contribution in [2.24, 2.45) is 0 Å². The summed E-state index contributed by atoms with van der Waals surface area (Å²) in [6.45, 7) is -1.12. The molecule has 0 saturated heterocycles. The second-order valence-corrected chi connectivity index (χ2v) is 3.44. The molecule has 0 unspecified atom stereocenters. The van der Waals surface area contributed by atoms with Gasteiger partial charge in [-0.05, 0) is 12.1 Å². The number of alkyl halides is 3. The molecule has 92 valence electrons. The lowest BCUT2D eigenvalue weighted by Gasteiger charge is -2.05. The number of aromatic nitrogens is 2. The molecule has 0 atom stereocenters. The minimum absolute atomic E-state index is 0.0885. The maximum absolute atomic E-state index is 12.0. The summed E-state index contributed by atoms with van der Waals surface area (Å²) in [7, 11) is 1.51. The Morgan fingerprint density at radius 2 is 2.18 bits per heavy atom. The number of imidazole rings is 1. The molecule has 0 amide bonds. The van der Waals surface area contributed by atoms with Crippen LogP contribution in [0.1, 0.15) is 0 Å². The van der Waals surface area contributed by atoms with Crippen LogP contribution in [0.3, 0.4) is 0 Å². The van der Waals surface area contributed by atoms with E-state index in [4.69, 9.17) is 4.74 Å². The fourth-order valence-electron chi connectivity index (χ4n) is 1.38. The molecule has 0 aliphatic carbocycles. The fraction of sp³-hybridized carbons (Fsp3) is 0.300. The predicted octanol–water partition coefficient (Wildman–Crippen LogP) is 2.55. The lowest BCUT2D eigenvalue weighted by molar-refractivity contribution is -0.115. The van der Waals surface area contributed by atoms with Crippen molar-refractivity contribution in [3.05, 3.63) is 18.2 Å². The Kier molecular flexibility index (Phi) is 2.83. The highest BCUT2D eigenvalue weighted by Gasteiger charge is 2.27. The smallest absolute Gasteiger partial charge is 0.405 e. The van der Waals surface area contributed by atoms with Gasteiger partial charge in [0.2, 0.25) is 5.95 Å². The van der Waals surface area contributed by atoms with Crippen molar-refractivity contribution < 1.29 is 17.9 Å².